The lowest BCUT2D eigenvalue weighted by atomic mass is 10.1. The maximum Gasteiger partial charge on any atom is 0.387 e. The van der Waals surface area contributed by atoms with Gasteiger partial charge in [-0.2, -0.15) is 8.78 Å². The zero-order chi connectivity index (χ0) is 18.2. The first-order valence-electron chi connectivity index (χ1n) is 7.98. The first kappa shape index (κ1) is 18.9. The summed E-state index contributed by atoms with van der Waals surface area (Å²) >= 11 is 0. The Morgan fingerprint density at radius 2 is 1.76 bits per heavy atom. The van der Waals surface area contributed by atoms with Gasteiger partial charge in [0, 0.05) is 25.2 Å². The Hall–Kier alpha value is -2.47. The Labute approximate surface area is 146 Å². The molecule has 6 heteroatoms. The highest BCUT2D eigenvalue weighted by Gasteiger charge is 2.17. The van der Waals surface area contributed by atoms with Crippen LogP contribution in [0.2, 0.25) is 0 Å². The molecule has 0 aromatic heterocycles. The summed E-state index contributed by atoms with van der Waals surface area (Å²) in [7, 11) is 3.87. The second-order valence-electron chi connectivity index (χ2n) is 5.92. The van der Waals surface area contributed by atoms with E-state index in [9.17, 15) is 13.6 Å². The molecule has 0 unspecified atom stereocenters. The number of benzene rings is 2. The molecule has 2 aromatic carbocycles. The molecule has 0 spiro atoms. The van der Waals surface area contributed by atoms with Crippen LogP contribution in [-0.2, 0) is 6.54 Å². The van der Waals surface area contributed by atoms with Gasteiger partial charge in [-0.15, -0.1) is 0 Å². The fraction of sp³-hybridized carbons (Fsp3) is 0.316. The third kappa shape index (κ3) is 6.15. The maximum atomic E-state index is 12.9. The number of likely N-dealkylation sites (N-methyl/N-ethyl adjacent to an activating group) is 1. The van der Waals surface area contributed by atoms with Crippen LogP contribution < -0.4 is 4.74 Å². The second-order valence-corrected chi connectivity index (χ2v) is 5.92. The number of hydrogen-bond acceptors (Lipinski definition) is 3. The molecule has 0 aliphatic heterocycles. The number of nitrogens with zero attached hydrogens (tertiary/aromatic N) is 2. The van der Waals surface area contributed by atoms with Crippen molar-refractivity contribution in [2.24, 2.45) is 0 Å². The second kappa shape index (κ2) is 9.13. The van der Waals surface area contributed by atoms with E-state index < -0.39 is 6.61 Å². The Morgan fingerprint density at radius 1 is 1.04 bits per heavy atom. The fourth-order valence-electron chi connectivity index (χ4n) is 2.36. The van der Waals surface area contributed by atoms with Crippen LogP contribution in [0.1, 0.15) is 15.9 Å². The molecule has 25 heavy (non-hydrogen) atoms. The van der Waals surface area contributed by atoms with Crippen molar-refractivity contribution < 1.29 is 18.3 Å². The first-order chi connectivity index (χ1) is 12.0. The SMILES string of the molecule is CN(C)CCN(Cc1ccccc1)C(=O)c1cccc(OC(F)F)c1. The van der Waals surface area contributed by atoms with Crippen molar-refractivity contribution in [3.05, 3.63) is 65.7 Å². The minimum atomic E-state index is -2.92. The summed E-state index contributed by atoms with van der Waals surface area (Å²) in [6.07, 6.45) is 0. The highest BCUT2D eigenvalue weighted by atomic mass is 19.3. The van der Waals surface area contributed by atoms with Crippen LogP contribution in [0.5, 0.6) is 5.75 Å². The first-order valence-corrected chi connectivity index (χ1v) is 7.98. The van der Waals surface area contributed by atoms with E-state index in [1.807, 2.05) is 49.3 Å². The number of hydrogen-bond donors (Lipinski definition) is 0. The zero-order valence-electron chi connectivity index (χ0n) is 14.4. The van der Waals surface area contributed by atoms with E-state index in [4.69, 9.17) is 0 Å². The lowest BCUT2D eigenvalue weighted by Gasteiger charge is -2.25. The van der Waals surface area contributed by atoms with Gasteiger partial charge < -0.3 is 14.5 Å². The quantitative estimate of drug-likeness (QED) is 0.732. The summed E-state index contributed by atoms with van der Waals surface area (Å²) in [5.74, 6) is -0.237. The lowest BCUT2D eigenvalue weighted by Crippen LogP contribution is -2.36. The molecule has 2 rings (SSSR count). The average molecular weight is 348 g/mol. The van der Waals surface area contributed by atoms with Crippen LogP contribution in [0.4, 0.5) is 8.78 Å². The summed E-state index contributed by atoms with van der Waals surface area (Å²) in [6, 6.07) is 15.6. The molecule has 1 amide bonds. The minimum absolute atomic E-state index is 0.0203. The molecule has 0 bridgehead atoms. The largest absolute Gasteiger partial charge is 0.435 e. The normalized spacial score (nSPS) is 11.0. The van der Waals surface area contributed by atoms with Crippen molar-refractivity contribution in [1.82, 2.24) is 9.80 Å². The number of amides is 1. The van der Waals surface area contributed by atoms with Gasteiger partial charge in [-0.3, -0.25) is 4.79 Å². The third-order valence-electron chi connectivity index (χ3n) is 3.63. The van der Waals surface area contributed by atoms with E-state index in [1.165, 1.54) is 18.2 Å². The summed E-state index contributed by atoms with van der Waals surface area (Å²) in [5, 5.41) is 0. The summed E-state index contributed by atoms with van der Waals surface area (Å²) < 4.78 is 29.2. The van der Waals surface area contributed by atoms with Crippen molar-refractivity contribution in [2.45, 2.75) is 13.2 Å². The van der Waals surface area contributed by atoms with Crippen LogP contribution in [0.25, 0.3) is 0 Å². The Morgan fingerprint density at radius 3 is 2.40 bits per heavy atom. The molecule has 0 heterocycles. The molecule has 0 saturated heterocycles. The van der Waals surface area contributed by atoms with E-state index in [2.05, 4.69) is 4.74 Å². The van der Waals surface area contributed by atoms with Crippen LogP contribution in [0.15, 0.2) is 54.6 Å². The lowest BCUT2D eigenvalue weighted by molar-refractivity contribution is -0.0499. The highest BCUT2D eigenvalue weighted by molar-refractivity contribution is 5.94. The molecular formula is C19H22F2N2O2. The smallest absolute Gasteiger partial charge is 0.387 e. The summed E-state index contributed by atoms with van der Waals surface area (Å²) in [5.41, 5.74) is 1.34. The van der Waals surface area contributed by atoms with Crippen molar-refractivity contribution in [3.8, 4) is 5.75 Å². The molecule has 0 aliphatic rings. The molecule has 0 radical (unpaired) electrons. The molecule has 0 atom stereocenters. The maximum absolute atomic E-state index is 12.9. The standard InChI is InChI=1S/C19H22F2N2O2/c1-22(2)11-12-23(14-15-7-4-3-5-8-15)18(24)16-9-6-10-17(13-16)25-19(20)21/h3-10,13,19H,11-12,14H2,1-2H3. The highest BCUT2D eigenvalue weighted by Crippen LogP contribution is 2.18. The molecule has 0 aliphatic carbocycles. The molecule has 0 fully saturated rings. The van der Waals surface area contributed by atoms with Gasteiger partial charge in [0.25, 0.3) is 5.91 Å². The van der Waals surface area contributed by atoms with Crippen LogP contribution in [-0.4, -0.2) is 49.5 Å². The molecule has 0 saturated carbocycles. The zero-order valence-corrected chi connectivity index (χ0v) is 14.4. The van der Waals surface area contributed by atoms with Gasteiger partial charge in [0.15, 0.2) is 0 Å². The van der Waals surface area contributed by atoms with Crippen LogP contribution >= 0.6 is 0 Å². The molecule has 4 nitrogen and oxygen atoms in total. The molecule has 2 aromatic rings. The van der Waals surface area contributed by atoms with Gasteiger partial charge in [0.1, 0.15) is 5.75 Å². The van der Waals surface area contributed by atoms with Crippen molar-refractivity contribution in [3.63, 3.8) is 0 Å². The van der Waals surface area contributed by atoms with E-state index >= 15 is 0 Å². The Balaban J connectivity index is 2.18. The molecular weight excluding hydrogens is 326 g/mol. The van der Waals surface area contributed by atoms with Crippen molar-refractivity contribution >= 4 is 5.91 Å². The molecule has 0 N–H and O–H groups in total. The Bertz CT molecular complexity index is 678. The average Bonchev–Trinajstić information content (AvgIpc) is 2.58. The van der Waals surface area contributed by atoms with Gasteiger partial charge in [0.05, 0.1) is 0 Å². The number of carbonyl (C=O) groups is 1. The number of carbonyl (C=O) groups excluding carboxylic acids is 1. The minimum Gasteiger partial charge on any atom is -0.435 e. The number of alkyl halides is 2. The van der Waals surface area contributed by atoms with Gasteiger partial charge in [-0.25, -0.2) is 0 Å². The van der Waals surface area contributed by atoms with Gasteiger partial charge >= 0.3 is 6.61 Å². The third-order valence-corrected chi connectivity index (χ3v) is 3.63. The predicted molar refractivity (Wildman–Crippen MR) is 92.8 cm³/mol. The van der Waals surface area contributed by atoms with Crippen LogP contribution in [0, 0.1) is 0 Å². The monoisotopic (exact) mass is 348 g/mol. The fourth-order valence-corrected chi connectivity index (χ4v) is 2.36. The number of ether oxygens (including phenoxy) is 1. The van der Waals surface area contributed by atoms with E-state index in [-0.39, 0.29) is 11.7 Å². The van der Waals surface area contributed by atoms with E-state index in [1.54, 1.807) is 11.0 Å². The van der Waals surface area contributed by atoms with Gasteiger partial charge in [-0.1, -0.05) is 36.4 Å². The van der Waals surface area contributed by atoms with Gasteiger partial charge in [0.2, 0.25) is 0 Å². The van der Waals surface area contributed by atoms with E-state index in [0.29, 0.717) is 25.2 Å². The van der Waals surface area contributed by atoms with E-state index in [0.717, 1.165) is 5.56 Å². The number of rotatable bonds is 8. The van der Waals surface area contributed by atoms with Crippen molar-refractivity contribution in [2.75, 3.05) is 27.2 Å². The Kier molecular flexibility index (Phi) is 6.89. The van der Waals surface area contributed by atoms with Crippen LogP contribution in [0.3, 0.4) is 0 Å². The summed E-state index contributed by atoms with van der Waals surface area (Å²) in [4.78, 5) is 16.6. The topological polar surface area (TPSA) is 32.8 Å². The molecule has 134 valence electrons. The predicted octanol–water partition coefficient (Wildman–Crippen LogP) is 3.49. The van der Waals surface area contributed by atoms with Crippen molar-refractivity contribution in [1.29, 1.82) is 0 Å². The van der Waals surface area contributed by atoms with Gasteiger partial charge in [-0.05, 0) is 37.9 Å². The summed E-state index contributed by atoms with van der Waals surface area (Å²) in [6.45, 7) is -1.24. The number of halogens is 2.